The van der Waals surface area contributed by atoms with Gasteiger partial charge in [-0.15, -0.1) is 5.10 Å². The topological polar surface area (TPSA) is 98.2 Å². The Bertz CT molecular complexity index is 1370. The molecule has 0 spiro atoms. The van der Waals surface area contributed by atoms with Crippen molar-refractivity contribution in [1.29, 1.82) is 0 Å². The highest BCUT2D eigenvalue weighted by molar-refractivity contribution is 5.65. The van der Waals surface area contributed by atoms with Gasteiger partial charge in [0.1, 0.15) is 23.7 Å². The van der Waals surface area contributed by atoms with Crippen LogP contribution in [0.25, 0.3) is 11.1 Å². The van der Waals surface area contributed by atoms with Crippen molar-refractivity contribution in [1.82, 2.24) is 24.5 Å². The van der Waals surface area contributed by atoms with Crippen LogP contribution >= 0.6 is 0 Å². The zero-order valence-corrected chi connectivity index (χ0v) is 21.0. The number of aliphatic hydroxyl groups is 2. The summed E-state index contributed by atoms with van der Waals surface area (Å²) in [5.74, 6) is 8.10. The summed E-state index contributed by atoms with van der Waals surface area (Å²) >= 11 is 0. The minimum absolute atomic E-state index is 0.168. The number of hydrogen-bond donors (Lipinski definition) is 2. The predicted molar refractivity (Wildman–Crippen MR) is 140 cm³/mol. The van der Waals surface area contributed by atoms with E-state index in [1.807, 2.05) is 54.2 Å². The SMILES string of the molecule is Cc1cn(C2CC(COc3ccc(-c4ccc(C#C[C@@H](CO)n5ccnc5[C@H](C)O)cc4)cc3)C2)nn1. The van der Waals surface area contributed by atoms with Crippen molar-refractivity contribution in [2.75, 3.05) is 13.2 Å². The van der Waals surface area contributed by atoms with Crippen molar-refractivity contribution in [3.63, 3.8) is 0 Å². The summed E-state index contributed by atoms with van der Waals surface area (Å²) in [4.78, 5) is 4.15. The summed E-state index contributed by atoms with van der Waals surface area (Å²) in [6.45, 7) is 4.15. The van der Waals surface area contributed by atoms with E-state index in [9.17, 15) is 10.2 Å². The van der Waals surface area contributed by atoms with Gasteiger partial charge in [0.05, 0.1) is 24.9 Å². The van der Waals surface area contributed by atoms with Gasteiger partial charge in [0.25, 0.3) is 0 Å². The van der Waals surface area contributed by atoms with E-state index in [4.69, 9.17) is 4.74 Å². The lowest BCUT2D eigenvalue weighted by molar-refractivity contribution is 0.116. The molecule has 190 valence electrons. The van der Waals surface area contributed by atoms with Gasteiger partial charge in [-0.3, -0.25) is 0 Å². The largest absolute Gasteiger partial charge is 0.493 e. The van der Waals surface area contributed by atoms with Crippen LogP contribution in [0.4, 0.5) is 0 Å². The van der Waals surface area contributed by atoms with Gasteiger partial charge in [0.15, 0.2) is 0 Å². The quantitative estimate of drug-likeness (QED) is 0.356. The van der Waals surface area contributed by atoms with Gasteiger partial charge in [-0.1, -0.05) is 41.3 Å². The molecule has 2 N–H and O–H groups in total. The molecule has 0 radical (unpaired) electrons. The number of benzene rings is 2. The molecule has 1 aliphatic rings. The van der Waals surface area contributed by atoms with Crippen molar-refractivity contribution in [3.05, 3.63) is 84.2 Å². The summed E-state index contributed by atoms with van der Waals surface area (Å²) in [5.41, 5.74) is 3.99. The zero-order valence-electron chi connectivity index (χ0n) is 21.0. The highest BCUT2D eigenvalue weighted by atomic mass is 16.5. The van der Waals surface area contributed by atoms with E-state index >= 15 is 0 Å². The molecule has 2 aromatic heterocycles. The Morgan fingerprint density at radius 2 is 1.78 bits per heavy atom. The Hall–Kier alpha value is -3.93. The third kappa shape index (κ3) is 5.74. The summed E-state index contributed by atoms with van der Waals surface area (Å²) in [6.07, 6.45) is 6.72. The monoisotopic (exact) mass is 497 g/mol. The lowest BCUT2D eigenvalue weighted by Crippen LogP contribution is -2.31. The molecular weight excluding hydrogens is 466 g/mol. The van der Waals surface area contributed by atoms with Gasteiger partial charge >= 0.3 is 0 Å². The number of ether oxygens (including phenoxy) is 1. The predicted octanol–water partition coefficient (Wildman–Crippen LogP) is 4.12. The number of aryl methyl sites for hydroxylation is 1. The molecule has 4 aromatic rings. The number of aliphatic hydroxyl groups excluding tert-OH is 2. The third-order valence-corrected chi connectivity index (χ3v) is 6.73. The minimum Gasteiger partial charge on any atom is -0.493 e. The highest BCUT2D eigenvalue weighted by Crippen LogP contribution is 2.37. The van der Waals surface area contributed by atoms with E-state index in [2.05, 4.69) is 39.3 Å². The Labute approximate surface area is 216 Å². The maximum Gasteiger partial charge on any atom is 0.138 e. The normalized spacial score (nSPS) is 18.4. The second kappa shape index (κ2) is 11.0. The Morgan fingerprint density at radius 1 is 1.08 bits per heavy atom. The average molecular weight is 498 g/mol. The molecule has 1 aliphatic carbocycles. The smallest absolute Gasteiger partial charge is 0.138 e. The molecule has 2 atom stereocenters. The molecule has 1 saturated carbocycles. The molecule has 8 nitrogen and oxygen atoms in total. The molecule has 8 heteroatoms. The molecular formula is C29H31N5O3. The van der Waals surface area contributed by atoms with Gasteiger partial charge in [-0.2, -0.15) is 0 Å². The van der Waals surface area contributed by atoms with E-state index in [0.717, 1.165) is 41.0 Å². The summed E-state index contributed by atoms with van der Waals surface area (Å²) in [7, 11) is 0. The van der Waals surface area contributed by atoms with Crippen molar-refractivity contribution < 1.29 is 14.9 Å². The van der Waals surface area contributed by atoms with Crippen LogP contribution in [-0.2, 0) is 0 Å². The molecule has 0 saturated heterocycles. The van der Waals surface area contributed by atoms with Crippen LogP contribution in [0.1, 0.15) is 55.0 Å². The molecule has 1 fully saturated rings. The minimum atomic E-state index is -0.734. The molecule has 5 rings (SSSR count). The fraction of sp³-hybridized carbons (Fsp3) is 0.345. The second-order valence-corrected chi connectivity index (χ2v) is 9.58. The number of rotatable bonds is 8. The van der Waals surface area contributed by atoms with Gasteiger partial charge < -0.3 is 19.5 Å². The van der Waals surface area contributed by atoms with E-state index in [1.165, 1.54) is 0 Å². The van der Waals surface area contributed by atoms with E-state index in [-0.39, 0.29) is 6.61 Å². The maximum absolute atomic E-state index is 9.87. The first-order chi connectivity index (χ1) is 18.0. The van der Waals surface area contributed by atoms with E-state index < -0.39 is 12.1 Å². The van der Waals surface area contributed by atoms with Crippen molar-refractivity contribution in [2.24, 2.45) is 5.92 Å². The van der Waals surface area contributed by atoms with Gasteiger partial charge in [-0.05, 0) is 68.0 Å². The van der Waals surface area contributed by atoms with Gasteiger partial charge in [0, 0.05) is 24.2 Å². The van der Waals surface area contributed by atoms with Crippen molar-refractivity contribution >= 4 is 0 Å². The van der Waals surface area contributed by atoms with E-state index in [0.29, 0.717) is 24.4 Å². The fourth-order valence-electron chi connectivity index (χ4n) is 4.58. The van der Waals surface area contributed by atoms with Crippen LogP contribution in [0.3, 0.4) is 0 Å². The molecule has 0 amide bonds. The molecule has 2 aromatic carbocycles. The van der Waals surface area contributed by atoms with Gasteiger partial charge in [-0.25, -0.2) is 9.67 Å². The summed E-state index contributed by atoms with van der Waals surface area (Å²) < 4.78 is 9.69. The average Bonchev–Trinajstić information content (AvgIpc) is 3.54. The van der Waals surface area contributed by atoms with Crippen LogP contribution < -0.4 is 4.74 Å². The fourth-order valence-corrected chi connectivity index (χ4v) is 4.58. The number of imidazole rings is 1. The van der Waals surface area contributed by atoms with Crippen LogP contribution in [0.5, 0.6) is 5.75 Å². The van der Waals surface area contributed by atoms with Crippen LogP contribution in [0, 0.1) is 24.7 Å². The van der Waals surface area contributed by atoms with Gasteiger partial charge in [0.2, 0.25) is 0 Å². The van der Waals surface area contributed by atoms with Crippen LogP contribution in [0.2, 0.25) is 0 Å². The zero-order chi connectivity index (χ0) is 25.8. The standard InChI is InChI=1S/C29H31N5O3/c1-20-17-34(32-31-20)27-15-23(16-27)19-37-28-11-8-25(9-12-28)24-6-3-22(4-7-24)5-10-26(18-35)33-14-13-30-29(33)21(2)36/h3-4,6-9,11-14,17,21,23,26-27,35-36H,15-16,18-19H2,1-2H3/t21-,23?,26-,27?/m0/s1. The summed E-state index contributed by atoms with van der Waals surface area (Å²) in [6, 6.07) is 16.1. The first-order valence-electron chi connectivity index (χ1n) is 12.5. The molecule has 2 heterocycles. The van der Waals surface area contributed by atoms with Crippen molar-refractivity contribution in [3.8, 4) is 28.7 Å². The molecule has 0 unspecified atom stereocenters. The first kappa shape index (κ1) is 24.8. The highest BCUT2D eigenvalue weighted by Gasteiger charge is 2.31. The first-order valence-corrected chi connectivity index (χ1v) is 12.5. The third-order valence-electron chi connectivity index (χ3n) is 6.73. The second-order valence-electron chi connectivity index (χ2n) is 9.58. The number of aromatic nitrogens is 5. The molecule has 0 aliphatic heterocycles. The van der Waals surface area contributed by atoms with Crippen LogP contribution in [0.15, 0.2) is 67.1 Å². The Balaban J connectivity index is 1.15. The molecule has 37 heavy (non-hydrogen) atoms. The molecule has 0 bridgehead atoms. The van der Waals surface area contributed by atoms with Crippen LogP contribution in [-0.4, -0.2) is 48.0 Å². The Morgan fingerprint density at radius 3 is 2.41 bits per heavy atom. The van der Waals surface area contributed by atoms with Crippen molar-refractivity contribution in [2.45, 2.75) is 44.9 Å². The van der Waals surface area contributed by atoms with E-state index in [1.54, 1.807) is 23.9 Å². The number of hydrogen-bond acceptors (Lipinski definition) is 6. The maximum atomic E-state index is 9.87. The summed E-state index contributed by atoms with van der Waals surface area (Å²) in [5, 5.41) is 27.9. The lowest BCUT2D eigenvalue weighted by Gasteiger charge is -2.34. The number of nitrogens with zero attached hydrogens (tertiary/aromatic N) is 5. The Kier molecular flexibility index (Phi) is 7.35. The lowest BCUT2D eigenvalue weighted by atomic mass is 9.81.